The van der Waals surface area contributed by atoms with E-state index in [0.29, 0.717) is 0 Å². The van der Waals surface area contributed by atoms with Crippen LogP contribution in [0.1, 0.15) is 0 Å². The van der Waals surface area contributed by atoms with Gasteiger partial charge in [-0.3, -0.25) is 0 Å². The van der Waals surface area contributed by atoms with Crippen LogP contribution < -0.4 is 0 Å². The molecule has 0 aliphatic rings. The molecule has 0 heterocycles. The van der Waals surface area contributed by atoms with E-state index in [2.05, 4.69) is 0 Å². The molecule has 0 fully saturated rings. The average Bonchev–Trinajstić information content (AvgIpc) is 0. The van der Waals surface area contributed by atoms with Gasteiger partial charge >= 0.3 is 0 Å². The molecule has 0 atom stereocenters. The number of hydrogen-bond acceptors (Lipinski definition) is 0. The van der Waals surface area contributed by atoms with Crippen molar-refractivity contribution < 1.29 is 0 Å². The molecule has 6 heavy (non-hydrogen) atoms. The molecule has 0 bridgehead atoms. The Morgan fingerprint density at radius 2 is 0.167 bits per heavy atom. The van der Waals surface area contributed by atoms with Crippen LogP contribution in [0.4, 0.5) is 0 Å². The van der Waals surface area contributed by atoms with Crippen LogP contribution in [0.3, 0.4) is 0 Å². The standard InChI is InChI=1S/6Si. The molecule has 6 heteroatoms. The molecule has 0 amide bonds. The third kappa shape index (κ3) is 57.9. The lowest BCUT2D eigenvalue weighted by molar-refractivity contribution is 5.75. The van der Waals surface area contributed by atoms with Crippen molar-refractivity contribution in [3.05, 3.63) is 0 Å². The molecule has 0 aromatic heterocycles. The summed E-state index contributed by atoms with van der Waals surface area (Å²) in [4.78, 5) is 0. The Morgan fingerprint density at radius 3 is 0.167 bits per heavy atom. The Balaban J connectivity index is 0. The topological polar surface area (TPSA) is 0 Å². The second kappa shape index (κ2) is 105. The Morgan fingerprint density at radius 1 is 0.167 bits per heavy atom. The molecule has 0 unspecified atom stereocenters. The van der Waals surface area contributed by atoms with Gasteiger partial charge in [0.25, 0.3) is 0 Å². The third-order valence-electron chi connectivity index (χ3n) is 0. The summed E-state index contributed by atoms with van der Waals surface area (Å²) >= 11 is 0. The second-order valence-electron chi connectivity index (χ2n) is 0. The van der Waals surface area contributed by atoms with Crippen molar-refractivity contribution in [1.29, 1.82) is 0 Å². The van der Waals surface area contributed by atoms with Gasteiger partial charge in [0.2, 0.25) is 0 Å². The fourth-order valence-corrected chi connectivity index (χ4v) is 0. The van der Waals surface area contributed by atoms with E-state index in [-0.39, 0.29) is 65.8 Å². The Hall–Kier alpha value is 1.30. The van der Waals surface area contributed by atoms with Gasteiger partial charge in [-0.2, -0.15) is 0 Å². The summed E-state index contributed by atoms with van der Waals surface area (Å²) < 4.78 is 0. The van der Waals surface area contributed by atoms with Crippen LogP contribution in [0.5, 0.6) is 0 Å². The Kier molecular flexibility index (Phi) is 2980. The summed E-state index contributed by atoms with van der Waals surface area (Å²) in [5, 5.41) is 0. The lowest BCUT2D eigenvalue weighted by Gasteiger charge is -0.00100. The van der Waals surface area contributed by atoms with E-state index in [1.54, 1.807) is 0 Å². The minimum Gasteiger partial charge on any atom is 0 e. The zero-order chi connectivity index (χ0) is 0. The summed E-state index contributed by atoms with van der Waals surface area (Å²) in [7, 11) is 0. The van der Waals surface area contributed by atoms with Gasteiger partial charge in [0.05, 0.1) is 0 Å². The van der Waals surface area contributed by atoms with Crippen LogP contribution in [-0.2, 0) is 0 Å². The predicted octanol–water partition coefficient (Wildman–Crippen LogP) is -2.28. The van der Waals surface area contributed by atoms with Crippen LogP contribution >= 0.6 is 0 Å². The minimum atomic E-state index is 0. The maximum atomic E-state index is 0. The summed E-state index contributed by atoms with van der Waals surface area (Å²) in [6.07, 6.45) is 0. The lowest BCUT2D eigenvalue weighted by atomic mass is 28.1. The van der Waals surface area contributed by atoms with Crippen molar-refractivity contribution in [2.45, 2.75) is 0 Å². The van der Waals surface area contributed by atoms with Crippen LogP contribution in [0.25, 0.3) is 0 Å². The van der Waals surface area contributed by atoms with Crippen molar-refractivity contribution in [3.63, 3.8) is 0 Å². The van der Waals surface area contributed by atoms with Crippen molar-refractivity contribution >= 4 is 65.8 Å². The molecular weight excluding hydrogens is 169 g/mol. The van der Waals surface area contributed by atoms with E-state index < -0.39 is 0 Å². The van der Waals surface area contributed by atoms with Gasteiger partial charge in [-0.05, 0) is 0 Å². The normalized spacial score (nSPS) is 0. The van der Waals surface area contributed by atoms with Crippen LogP contribution in [0, 0.1) is 0 Å². The molecule has 0 aromatic rings. The van der Waals surface area contributed by atoms with Crippen molar-refractivity contribution in [2.75, 3.05) is 0 Å². The van der Waals surface area contributed by atoms with Gasteiger partial charge in [-0.15, -0.1) is 0 Å². The first-order valence-electron chi connectivity index (χ1n) is 0. The summed E-state index contributed by atoms with van der Waals surface area (Å²) in [6.45, 7) is 0. The van der Waals surface area contributed by atoms with Gasteiger partial charge in [0.15, 0.2) is 0 Å². The van der Waals surface area contributed by atoms with Crippen molar-refractivity contribution in [3.8, 4) is 0 Å². The van der Waals surface area contributed by atoms with Crippen LogP contribution in [0.15, 0.2) is 0 Å². The first-order chi connectivity index (χ1) is 0. The van der Waals surface area contributed by atoms with Gasteiger partial charge in [-0.25, -0.2) is 0 Å². The Labute approximate surface area is 66.0 Å². The van der Waals surface area contributed by atoms with E-state index in [9.17, 15) is 0 Å². The molecule has 0 aromatic carbocycles. The highest BCUT2D eigenvalue weighted by Crippen LogP contribution is -0.376. The quantitative estimate of drug-likeness (QED) is 0.358. The molecule has 24 radical (unpaired) electrons. The van der Waals surface area contributed by atoms with Crippen molar-refractivity contribution in [1.82, 2.24) is 0 Å². The summed E-state index contributed by atoms with van der Waals surface area (Å²) in [5.74, 6) is 0. The smallest absolute Gasteiger partial charge is 0 e. The molecule has 0 saturated heterocycles. The monoisotopic (exact) mass is 168 g/mol. The molecule has 24 valence electrons. The zero-order valence-corrected chi connectivity index (χ0v) is 9.00. The van der Waals surface area contributed by atoms with E-state index in [1.165, 1.54) is 0 Å². The average molecular weight is 169 g/mol. The first kappa shape index (κ1) is 171. The van der Waals surface area contributed by atoms with E-state index in [0.717, 1.165) is 0 Å². The Bertz CT molecular complexity index is 0. The maximum Gasteiger partial charge on any atom is 0 e. The summed E-state index contributed by atoms with van der Waals surface area (Å²) in [5.41, 5.74) is 0. The van der Waals surface area contributed by atoms with E-state index >= 15 is 0 Å². The van der Waals surface area contributed by atoms with E-state index in [4.69, 9.17) is 0 Å². The first-order valence-corrected chi connectivity index (χ1v) is 0. The maximum absolute atomic E-state index is 0. The highest BCUT2D eigenvalue weighted by Gasteiger charge is 0.00500. The summed E-state index contributed by atoms with van der Waals surface area (Å²) in [6, 6.07) is 0. The molecule has 0 rings (SSSR count). The number of rotatable bonds is 0. The van der Waals surface area contributed by atoms with Crippen LogP contribution in [-0.4, -0.2) is 65.8 Å². The van der Waals surface area contributed by atoms with Gasteiger partial charge < -0.3 is 0 Å². The van der Waals surface area contributed by atoms with E-state index in [1.807, 2.05) is 0 Å². The fraction of sp³-hybridized carbons (Fsp3) is 0. The molecular formula is Si6. The molecule has 0 spiro atoms. The molecule has 0 nitrogen and oxygen atoms in total. The van der Waals surface area contributed by atoms with Gasteiger partial charge in [0, 0.05) is 65.8 Å². The second-order valence-corrected chi connectivity index (χ2v) is 0. The molecule has 0 saturated carbocycles. The van der Waals surface area contributed by atoms with Crippen molar-refractivity contribution in [2.24, 2.45) is 0 Å². The highest BCUT2D eigenvalue weighted by molar-refractivity contribution is 5.76. The lowest BCUT2D eigenvalue weighted by Crippen LogP contribution is -0.382. The third-order valence-corrected chi connectivity index (χ3v) is 0. The molecule has 0 aliphatic carbocycles. The number of hydrogen-bond donors (Lipinski definition) is 0. The largest absolute Gasteiger partial charge is 0 e. The minimum absolute atomic E-state index is 0. The molecule has 0 aliphatic heterocycles. The van der Waals surface area contributed by atoms with Gasteiger partial charge in [0.1, 0.15) is 0 Å². The molecule has 0 N–H and O–H groups in total. The predicted molar refractivity (Wildman–Crippen MR) is 34.5 cm³/mol. The fourth-order valence-electron chi connectivity index (χ4n) is 0. The SMILES string of the molecule is [Si].[Si].[Si].[Si].[Si].[Si]. The van der Waals surface area contributed by atoms with Gasteiger partial charge in [-0.1, -0.05) is 0 Å². The highest BCUT2D eigenvalue weighted by atomic mass is 28.1. The zero-order valence-electron chi connectivity index (χ0n) is 3.00. The van der Waals surface area contributed by atoms with Crippen LogP contribution in [0.2, 0.25) is 0 Å².